The van der Waals surface area contributed by atoms with E-state index in [0.29, 0.717) is 39.3 Å². The predicted molar refractivity (Wildman–Crippen MR) is 77.7 cm³/mol. The van der Waals surface area contributed by atoms with Crippen LogP contribution in [0.2, 0.25) is 0 Å². The van der Waals surface area contributed by atoms with Crippen LogP contribution in [-0.2, 0) is 14.3 Å². The molecule has 3 saturated heterocycles. The van der Waals surface area contributed by atoms with Gasteiger partial charge in [-0.05, 0) is 19.4 Å². The second-order valence-corrected chi connectivity index (χ2v) is 6.27. The van der Waals surface area contributed by atoms with Crippen molar-refractivity contribution < 1.29 is 14.3 Å². The summed E-state index contributed by atoms with van der Waals surface area (Å²) in [4.78, 5) is 28.3. The zero-order valence-electron chi connectivity index (χ0n) is 12.7. The van der Waals surface area contributed by atoms with Gasteiger partial charge in [-0.3, -0.25) is 9.59 Å². The molecular formula is C15H25N3O3. The Hall–Kier alpha value is -1.14. The van der Waals surface area contributed by atoms with Gasteiger partial charge in [-0.1, -0.05) is 6.92 Å². The predicted octanol–water partition coefficient (Wildman–Crippen LogP) is -0.166. The summed E-state index contributed by atoms with van der Waals surface area (Å²) in [5, 5.41) is 3.42. The van der Waals surface area contributed by atoms with E-state index in [0.717, 1.165) is 19.4 Å². The van der Waals surface area contributed by atoms with Crippen molar-refractivity contribution in [3.63, 3.8) is 0 Å². The van der Waals surface area contributed by atoms with Crippen molar-refractivity contribution >= 4 is 11.8 Å². The number of carbonyl (C=O) groups excluding carboxylic acids is 2. The third-order valence-corrected chi connectivity index (χ3v) is 4.86. The molecule has 118 valence electrons. The lowest BCUT2D eigenvalue weighted by Crippen LogP contribution is -2.56. The minimum Gasteiger partial charge on any atom is -0.379 e. The molecule has 3 unspecified atom stereocenters. The second-order valence-electron chi connectivity index (χ2n) is 6.27. The van der Waals surface area contributed by atoms with E-state index in [1.165, 1.54) is 0 Å². The first-order chi connectivity index (χ1) is 10.2. The molecule has 21 heavy (non-hydrogen) atoms. The Balaban J connectivity index is 1.59. The summed E-state index contributed by atoms with van der Waals surface area (Å²) in [5.74, 6) is 0.374. The van der Waals surface area contributed by atoms with Crippen molar-refractivity contribution in [2.75, 3.05) is 39.4 Å². The molecule has 6 nitrogen and oxygen atoms in total. The van der Waals surface area contributed by atoms with Gasteiger partial charge in [0.15, 0.2) is 0 Å². The smallest absolute Gasteiger partial charge is 0.229 e. The third kappa shape index (κ3) is 2.92. The maximum Gasteiger partial charge on any atom is 0.229 e. The van der Waals surface area contributed by atoms with Gasteiger partial charge in [-0.2, -0.15) is 0 Å². The fourth-order valence-corrected chi connectivity index (χ4v) is 3.63. The molecule has 6 heteroatoms. The van der Waals surface area contributed by atoms with Crippen molar-refractivity contribution in [3.05, 3.63) is 0 Å². The fourth-order valence-electron chi connectivity index (χ4n) is 3.63. The van der Waals surface area contributed by atoms with Crippen molar-refractivity contribution in [1.29, 1.82) is 0 Å². The summed E-state index contributed by atoms with van der Waals surface area (Å²) in [7, 11) is 0. The first-order valence-corrected chi connectivity index (χ1v) is 8.10. The normalized spacial score (nSPS) is 32.6. The van der Waals surface area contributed by atoms with Gasteiger partial charge >= 0.3 is 0 Å². The Morgan fingerprint density at radius 2 is 2.24 bits per heavy atom. The molecule has 0 bridgehead atoms. The van der Waals surface area contributed by atoms with Crippen LogP contribution in [0, 0.1) is 5.92 Å². The number of ether oxygens (including phenoxy) is 1. The van der Waals surface area contributed by atoms with E-state index in [1.54, 1.807) is 0 Å². The summed E-state index contributed by atoms with van der Waals surface area (Å²) >= 11 is 0. The first-order valence-electron chi connectivity index (χ1n) is 8.10. The van der Waals surface area contributed by atoms with Crippen LogP contribution in [0.4, 0.5) is 0 Å². The van der Waals surface area contributed by atoms with Gasteiger partial charge in [0.25, 0.3) is 0 Å². The van der Waals surface area contributed by atoms with Crippen molar-refractivity contribution in [3.8, 4) is 0 Å². The van der Waals surface area contributed by atoms with Crippen molar-refractivity contribution in [2.45, 2.75) is 38.3 Å². The standard InChI is InChI=1S/C15H25N3O3/c1-2-5-16-13-10-21-9-12(13)15(20)17-6-7-18-11(8-17)3-4-14(18)19/h11-13,16H,2-10H2,1H3. The van der Waals surface area contributed by atoms with Gasteiger partial charge in [0.05, 0.1) is 19.1 Å². The zero-order valence-corrected chi connectivity index (χ0v) is 12.7. The molecule has 0 spiro atoms. The summed E-state index contributed by atoms with van der Waals surface area (Å²) in [6.07, 6.45) is 2.58. The Morgan fingerprint density at radius 1 is 1.38 bits per heavy atom. The molecule has 3 heterocycles. The molecule has 3 atom stereocenters. The Kier molecular flexibility index (Phi) is 4.45. The van der Waals surface area contributed by atoms with E-state index in [9.17, 15) is 9.59 Å². The largest absolute Gasteiger partial charge is 0.379 e. The van der Waals surface area contributed by atoms with Crippen LogP contribution in [0.3, 0.4) is 0 Å². The van der Waals surface area contributed by atoms with Crippen LogP contribution in [0.25, 0.3) is 0 Å². The number of piperazine rings is 1. The average molecular weight is 295 g/mol. The van der Waals surface area contributed by atoms with Crippen LogP contribution < -0.4 is 5.32 Å². The molecule has 0 aromatic heterocycles. The lowest BCUT2D eigenvalue weighted by molar-refractivity contribution is -0.142. The number of fused-ring (bicyclic) bond motifs is 1. The number of hydrogen-bond acceptors (Lipinski definition) is 4. The number of nitrogens with one attached hydrogen (secondary N) is 1. The maximum absolute atomic E-state index is 12.7. The Labute approximate surface area is 125 Å². The summed E-state index contributed by atoms with van der Waals surface area (Å²) in [5.41, 5.74) is 0. The number of rotatable bonds is 4. The molecule has 0 aromatic rings. The maximum atomic E-state index is 12.7. The van der Waals surface area contributed by atoms with Gasteiger partial charge in [0.1, 0.15) is 0 Å². The summed E-state index contributed by atoms with van der Waals surface area (Å²) in [6, 6.07) is 0.375. The van der Waals surface area contributed by atoms with Crippen LogP contribution in [0.5, 0.6) is 0 Å². The van der Waals surface area contributed by atoms with E-state index in [1.807, 2.05) is 9.80 Å². The number of nitrogens with zero attached hydrogens (tertiary/aromatic N) is 2. The Bertz CT molecular complexity index is 415. The van der Waals surface area contributed by atoms with E-state index in [2.05, 4.69) is 12.2 Å². The second kappa shape index (κ2) is 6.32. The lowest BCUT2D eigenvalue weighted by atomic mass is 10.0. The number of amides is 2. The van der Waals surface area contributed by atoms with Crippen molar-refractivity contribution in [2.24, 2.45) is 5.92 Å². The molecule has 0 saturated carbocycles. The highest BCUT2D eigenvalue weighted by Gasteiger charge is 2.41. The van der Waals surface area contributed by atoms with E-state index < -0.39 is 0 Å². The first kappa shape index (κ1) is 14.8. The molecule has 3 rings (SSSR count). The average Bonchev–Trinajstić information content (AvgIpc) is 3.11. The van der Waals surface area contributed by atoms with Gasteiger partial charge in [-0.25, -0.2) is 0 Å². The molecule has 0 radical (unpaired) electrons. The minimum atomic E-state index is -0.0693. The molecule has 3 aliphatic rings. The number of hydrogen-bond donors (Lipinski definition) is 1. The van der Waals surface area contributed by atoms with Crippen LogP contribution in [-0.4, -0.2) is 73.1 Å². The fraction of sp³-hybridized carbons (Fsp3) is 0.867. The van der Waals surface area contributed by atoms with Crippen LogP contribution in [0.1, 0.15) is 26.2 Å². The van der Waals surface area contributed by atoms with Crippen molar-refractivity contribution in [1.82, 2.24) is 15.1 Å². The van der Waals surface area contributed by atoms with Gasteiger partial charge in [0.2, 0.25) is 11.8 Å². The number of carbonyl (C=O) groups is 2. The highest BCUT2D eigenvalue weighted by molar-refractivity contribution is 5.82. The van der Waals surface area contributed by atoms with Crippen LogP contribution >= 0.6 is 0 Å². The minimum absolute atomic E-state index is 0.0693. The van der Waals surface area contributed by atoms with E-state index >= 15 is 0 Å². The van der Waals surface area contributed by atoms with Gasteiger partial charge < -0.3 is 19.9 Å². The Morgan fingerprint density at radius 3 is 3.05 bits per heavy atom. The molecule has 2 amide bonds. The quantitative estimate of drug-likeness (QED) is 0.782. The molecule has 3 aliphatic heterocycles. The molecule has 0 aromatic carbocycles. The van der Waals surface area contributed by atoms with E-state index in [-0.39, 0.29) is 29.8 Å². The lowest BCUT2D eigenvalue weighted by Gasteiger charge is -2.39. The molecular weight excluding hydrogens is 270 g/mol. The highest BCUT2D eigenvalue weighted by Crippen LogP contribution is 2.25. The molecule has 3 fully saturated rings. The monoisotopic (exact) mass is 295 g/mol. The molecule has 0 aliphatic carbocycles. The summed E-state index contributed by atoms with van der Waals surface area (Å²) < 4.78 is 5.51. The summed E-state index contributed by atoms with van der Waals surface area (Å²) in [6.45, 7) is 6.23. The molecule has 1 N–H and O–H groups in total. The zero-order chi connectivity index (χ0) is 14.8. The van der Waals surface area contributed by atoms with Crippen LogP contribution in [0.15, 0.2) is 0 Å². The van der Waals surface area contributed by atoms with Gasteiger partial charge in [-0.15, -0.1) is 0 Å². The van der Waals surface area contributed by atoms with Gasteiger partial charge in [0, 0.05) is 38.1 Å². The third-order valence-electron chi connectivity index (χ3n) is 4.86. The topological polar surface area (TPSA) is 61.9 Å². The highest BCUT2D eigenvalue weighted by atomic mass is 16.5. The SMILES string of the molecule is CCCNC1COCC1C(=O)N1CCN2C(=O)CCC2C1. The van der Waals surface area contributed by atoms with E-state index in [4.69, 9.17) is 4.74 Å².